The third kappa shape index (κ3) is 3.49. The number of nitrogens with two attached hydrogens (primary N) is 1. The van der Waals surface area contributed by atoms with E-state index in [1.54, 1.807) is 35.7 Å². The van der Waals surface area contributed by atoms with E-state index in [4.69, 9.17) is 5.73 Å². The van der Waals surface area contributed by atoms with Gasteiger partial charge in [-0.25, -0.2) is 8.42 Å². The van der Waals surface area contributed by atoms with Crippen LogP contribution in [0.25, 0.3) is 0 Å². The maximum atomic E-state index is 12.3. The molecule has 2 rings (SSSR count). The van der Waals surface area contributed by atoms with Gasteiger partial charge < -0.3 is 11.1 Å². The van der Waals surface area contributed by atoms with Crippen molar-refractivity contribution in [1.82, 2.24) is 0 Å². The minimum Gasteiger partial charge on any atom is -0.326 e. The summed E-state index contributed by atoms with van der Waals surface area (Å²) in [7, 11) is -3.64. The number of rotatable bonds is 5. The number of thiophene rings is 1. The van der Waals surface area contributed by atoms with Crippen LogP contribution in [0, 0.1) is 0 Å². The van der Waals surface area contributed by atoms with Crippen LogP contribution in [0.5, 0.6) is 0 Å². The molecule has 5 nitrogen and oxygen atoms in total. The molecule has 0 aliphatic carbocycles. The summed E-state index contributed by atoms with van der Waals surface area (Å²) < 4.78 is 24.7. The van der Waals surface area contributed by atoms with E-state index in [1.165, 1.54) is 13.0 Å². The molecular formula is C14H16N2O3S2. The average Bonchev–Trinajstić information content (AvgIpc) is 3.02. The first kappa shape index (κ1) is 15.7. The lowest BCUT2D eigenvalue weighted by molar-refractivity contribution is -0.115. The zero-order valence-corrected chi connectivity index (χ0v) is 13.1. The first-order valence-corrected chi connectivity index (χ1v) is 8.75. The predicted molar refractivity (Wildman–Crippen MR) is 83.9 cm³/mol. The molecule has 112 valence electrons. The Balaban J connectivity index is 2.12. The normalized spacial score (nSPS) is 12.9. The van der Waals surface area contributed by atoms with E-state index in [0.717, 1.165) is 16.9 Å². The molecule has 0 spiro atoms. The Kier molecular flexibility index (Phi) is 4.76. The van der Waals surface area contributed by atoms with Crippen molar-refractivity contribution in [3.8, 4) is 0 Å². The van der Waals surface area contributed by atoms with Crippen molar-refractivity contribution in [2.24, 2.45) is 5.73 Å². The molecule has 1 atom stereocenters. The highest BCUT2D eigenvalue weighted by atomic mass is 32.2. The van der Waals surface area contributed by atoms with Crippen molar-refractivity contribution >= 4 is 32.8 Å². The fourth-order valence-electron chi connectivity index (χ4n) is 1.71. The molecule has 0 saturated heterocycles. The second-order valence-electron chi connectivity index (χ2n) is 4.51. The maximum absolute atomic E-state index is 12.3. The first-order chi connectivity index (χ1) is 9.95. The van der Waals surface area contributed by atoms with Crippen LogP contribution in [-0.2, 0) is 21.2 Å². The lowest BCUT2D eigenvalue weighted by atomic mass is 10.2. The van der Waals surface area contributed by atoms with Gasteiger partial charge in [0.1, 0.15) is 9.46 Å². The van der Waals surface area contributed by atoms with Gasteiger partial charge in [-0.2, -0.15) is 0 Å². The summed E-state index contributed by atoms with van der Waals surface area (Å²) in [6.07, 6.45) is 0. The van der Waals surface area contributed by atoms with Crippen LogP contribution in [0.1, 0.15) is 12.5 Å². The first-order valence-electron chi connectivity index (χ1n) is 6.32. The maximum Gasteiger partial charge on any atom is 0.242 e. The minimum atomic E-state index is -3.64. The SMILES string of the molecule is CC(C(=O)Nc1ccc(CN)cc1)S(=O)(=O)c1cccs1. The molecule has 0 aliphatic rings. The number of carbonyl (C=O) groups excluding carboxylic acids is 1. The minimum absolute atomic E-state index is 0.198. The Morgan fingerprint density at radius 2 is 1.95 bits per heavy atom. The molecule has 21 heavy (non-hydrogen) atoms. The van der Waals surface area contributed by atoms with Crippen molar-refractivity contribution in [1.29, 1.82) is 0 Å². The summed E-state index contributed by atoms with van der Waals surface area (Å²) in [5.74, 6) is -0.552. The summed E-state index contributed by atoms with van der Waals surface area (Å²) >= 11 is 1.10. The number of sulfone groups is 1. The van der Waals surface area contributed by atoms with Crippen molar-refractivity contribution in [2.75, 3.05) is 5.32 Å². The molecule has 0 aliphatic heterocycles. The smallest absolute Gasteiger partial charge is 0.242 e. The van der Waals surface area contributed by atoms with Crippen LogP contribution in [0.15, 0.2) is 46.0 Å². The van der Waals surface area contributed by atoms with E-state index in [2.05, 4.69) is 5.32 Å². The number of nitrogens with one attached hydrogen (secondary N) is 1. The summed E-state index contributed by atoms with van der Waals surface area (Å²) in [4.78, 5) is 12.1. The number of amides is 1. The molecule has 1 amide bonds. The number of benzene rings is 1. The monoisotopic (exact) mass is 324 g/mol. The fourth-order valence-corrected chi connectivity index (χ4v) is 4.25. The second kappa shape index (κ2) is 6.38. The molecule has 0 fully saturated rings. The highest BCUT2D eigenvalue weighted by molar-refractivity contribution is 7.94. The van der Waals surface area contributed by atoms with Crippen LogP contribution in [-0.4, -0.2) is 19.6 Å². The molecule has 7 heteroatoms. The van der Waals surface area contributed by atoms with Gasteiger partial charge in [-0.15, -0.1) is 11.3 Å². The molecule has 1 unspecified atom stereocenters. The molecule has 0 radical (unpaired) electrons. The average molecular weight is 324 g/mol. The zero-order chi connectivity index (χ0) is 15.5. The fraction of sp³-hybridized carbons (Fsp3) is 0.214. The lowest BCUT2D eigenvalue weighted by Crippen LogP contribution is -2.32. The van der Waals surface area contributed by atoms with Crippen LogP contribution in [0.2, 0.25) is 0 Å². The standard InChI is InChI=1S/C14H16N2O3S2/c1-10(21(18,19)13-3-2-8-20-13)14(17)16-12-6-4-11(9-15)5-7-12/h2-8,10H,9,15H2,1H3,(H,16,17). The Labute approximate surface area is 127 Å². The van der Waals surface area contributed by atoms with Gasteiger partial charge in [-0.3, -0.25) is 4.79 Å². The number of hydrogen-bond donors (Lipinski definition) is 2. The Morgan fingerprint density at radius 1 is 1.29 bits per heavy atom. The van der Waals surface area contributed by atoms with Gasteiger partial charge in [0, 0.05) is 12.2 Å². The predicted octanol–water partition coefficient (Wildman–Crippen LogP) is 2.01. The number of anilines is 1. The third-order valence-corrected chi connectivity index (χ3v) is 6.56. The Bertz CT molecular complexity index is 707. The van der Waals surface area contributed by atoms with E-state index >= 15 is 0 Å². The summed E-state index contributed by atoms with van der Waals surface area (Å²) in [5, 5.41) is 3.13. The van der Waals surface area contributed by atoms with Gasteiger partial charge in [-0.05, 0) is 36.1 Å². The van der Waals surface area contributed by atoms with Crippen molar-refractivity contribution in [2.45, 2.75) is 22.9 Å². The highest BCUT2D eigenvalue weighted by Crippen LogP contribution is 2.22. The topological polar surface area (TPSA) is 89.3 Å². The molecule has 1 heterocycles. The quantitative estimate of drug-likeness (QED) is 0.880. The molecular weight excluding hydrogens is 308 g/mol. The van der Waals surface area contributed by atoms with Gasteiger partial charge in [0.15, 0.2) is 9.84 Å². The van der Waals surface area contributed by atoms with Gasteiger partial charge in [-0.1, -0.05) is 18.2 Å². The highest BCUT2D eigenvalue weighted by Gasteiger charge is 2.30. The summed E-state index contributed by atoms with van der Waals surface area (Å²) in [5.41, 5.74) is 6.98. The van der Waals surface area contributed by atoms with Crippen LogP contribution >= 0.6 is 11.3 Å². The summed E-state index contributed by atoms with van der Waals surface area (Å²) in [6.45, 7) is 1.80. The Hall–Kier alpha value is -1.70. The molecule has 0 bridgehead atoms. The third-order valence-electron chi connectivity index (χ3n) is 3.07. The van der Waals surface area contributed by atoms with Crippen molar-refractivity contribution in [3.63, 3.8) is 0 Å². The van der Waals surface area contributed by atoms with Crippen molar-refractivity contribution < 1.29 is 13.2 Å². The van der Waals surface area contributed by atoms with E-state index in [0.29, 0.717) is 12.2 Å². The molecule has 3 N–H and O–H groups in total. The van der Waals surface area contributed by atoms with E-state index in [9.17, 15) is 13.2 Å². The summed E-state index contributed by atoms with van der Waals surface area (Å²) in [6, 6.07) is 10.1. The van der Waals surface area contributed by atoms with E-state index in [1.807, 2.05) is 0 Å². The van der Waals surface area contributed by atoms with Crippen LogP contribution in [0.4, 0.5) is 5.69 Å². The molecule has 0 saturated carbocycles. The molecule has 2 aromatic rings. The van der Waals surface area contributed by atoms with Crippen LogP contribution < -0.4 is 11.1 Å². The number of carbonyl (C=O) groups is 1. The van der Waals surface area contributed by atoms with Gasteiger partial charge in [0.2, 0.25) is 5.91 Å². The van der Waals surface area contributed by atoms with Gasteiger partial charge in [0.05, 0.1) is 0 Å². The van der Waals surface area contributed by atoms with Gasteiger partial charge in [0.25, 0.3) is 0 Å². The Morgan fingerprint density at radius 3 is 2.48 bits per heavy atom. The zero-order valence-electron chi connectivity index (χ0n) is 11.4. The van der Waals surface area contributed by atoms with Crippen LogP contribution in [0.3, 0.4) is 0 Å². The lowest BCUT2D eigenvalue weighted by Gasteiger charge is -2.12. The van der Waals surface area contributed by atoms with Gasteiger partial charge >= 0.3 is 0 Å². The van der Waals surface area contributed by atoms with E-state index < -0.39 is 21.0 Å². The van der Waals surface area contributed by atoms with E-state index in [-0.39, 0.29) is 4.21 Å². The number of hydrogen-bond acceptors (Lipinski definition) is 5. The molecule has 1 aromatic heterocycles. The largest absolute Gasteiger partial charge is 0.326 e. The second-order valence-corrected chi connectivity index (χ2v) is 7.95. The molecule has 1 aromatic carbocycles. The van der Waals surface area contributed by atoms with Crippen molar-refractivity contribution in [3.05, 3.63) is 47.3 Å².